The average molecular weight is 517 g/mol. The lowest BCUT2D eigenvalue weighted by atomic mass is 10.0. The van der Waals surface area contributed by atoms with Crippen LogP contribution < -0.4 is 14.9 Å². The van der Waals surface area contributed by atoms with Crippen LogP contribution in [0.4, 0.5) is 0 Å². The van der Waals surface area contributed by atoms with Gasteiger partial charge in [-0.05, 0) is 48.1 Å². The third-order valence-corrected chi connectivity index (χ3v) is 7.15. The van der Waals surface area contributed by atoms with Crippen LogP contribution in [0.3, 0.4) is 0 Å². The van der Waals surface area contributed by atoms with E-state index in [2.05, 4.69) is 20.9 Å². The van der Waals surface area contributed by atoms with Gasteiger partial charge in [0.2, 0.25) is 0 Å². The minimum Gasteiger partial charge on any atom is -0.462 e. The van der Waals surface area contributed by atoms with Crippen LogP contribution in [-0.4, -0.2) is 17.1 Å². The number of ether oxygens (including phenoxy) is 1. The summed E-state index contributed by atoms with van der Waals surface area (Å²) in [6.07, 6.45) is 1.86. The van der Waals surface area contributed by atoms with Gasteiger partial charge in [-0.2, -0.15) is 0 Å². The van der Waals surface area contributed by atoms with Crippen molar-refractivity contribution in [3.05, 3.63) is 87.6 Å². The van der Waals surface area contributed by atoms with Crippen LogP contribution in [0.5, 0.6) is 0 Å². The Bertz CT molecular complexity index is 1330. The van der Waals surface area contributed by atoms with E-state index in [0.29, 0.717) is 27.2 Å². The third-order valence-electron chi connectivity index (χ3n) is 4.75. The summed E-state index contributed by atoms with van der Waals surface area (Å²) in [5, 5.41) is 1.94. The second-order valence-corrected chi connectivity index (χ2v) is 10.5. The van der Waals surface area contributed by atoms with Gasteiger partial charge in [-0.3, -0.25) is 9.36 Å². The number of nitrogens with zero attached hydrogens (tertiary/aromatic N) is 2. The van der Waals surface area contributed by atoms with E-state index in [0.717, 1.165) is 14.9 Å². The lowest BCUT2D eigenvalue weighted by molar-refractivity contribution is -0.140. The van der Waals surface area contributed by atoms with E-state index >= 15 is 0 Å². The quantitative estimate of drug-likeness (QED) is 0.476. The number of carbonyl (C=O) groups is 1. The minimum absolute atomic E-state index is 0.163. The lowest BCUT2D eigenvalue weighted by Gasteiger charge is -2.23. The number of benzene rings is 1. The van der Waals surface area contributed by atoms with Crippen LogP contribution in [0.15, 0.2) is 67.3 Å². The smallest absolute Gasteiger partial charge is 0.338 e. The molecule has 1 unspecified atom stereocenters. The Morgan fingerprint density at radius 1 is 1.32 bits per heavy atom. The van der Waals surface area contributed by atoms with Gasteiger partial charge in [0.1, 0.15) is 6.04 Å². The number of halogens is 1. The number of fused-ring (bicyclic) bond motifs is 1. The van der Waals surface area contributed by atoms with Crippen molar-refractivity contribution in [2.45, 2.75) is 26.8 Å². The molecule has 160 valence electrons. The fourth-order valence-electron chi connectivity index (χ4n) is 3.37. The molecule has 0 spiro atoms. The molecule has 0 amide bonds. The van der Waals surface area contributed by atoms with Gasteiger partial charge in [0, 0.05) is 9.35 Å². The monoisotopic (exact) mass is 516 g/mol. The first-order chi connectivity index (χ1) is 14.8. The molecule has 3 heterocycles. The molecular weight excluding hydrogens is 496 g/mol. The molecule has 1 atom stereocenters. The van der Waals surface area contributed by atoms with Crippen LogP contribution in [0.1, 0.15) is 37.3 Å². The first-order valence-corrected chi connectivity index (χ1v) is 12.3. The van der Waals surface area contributed by atoms with Gasteiger partial charge in [0.05, 0.1) is 22.4 Å². The fourth-order valence-corrected chi connectivity index (χ4v) is 5.65. The van der Waals surface area contributed by atoms with Crippen molar-refractivity contribution >= 4 is 50.6 Å². The van der Waals surface area contributed by atoms with E-state index in [-0.39, 0.29) is 11.5 Å². The Hall–Kier alpha value is -2.29. The van der Waals surface area contributed by atoms with Gasteiger partial charge >= 0.3 is 5.97 Å². The molecule has 1 aromatic carbocycles. The maximum Gasteiger partial charge on any atom is 0.338 e. The van der Waals surface area contributed by atoms with Crippen LogP contribution >= 0.6 is 38.6 Å². The van der Waals surface area contributed by atoms with Crippen LogP contribution in [0.2, 0.25) is 0 Å². The van der Waals surface area contributed by atoms with Crippen molar-refractivity contribution < 1.29 is 9.53 Å². The van der Waals surface area contributed by atoms with Gasteiger partial charge in [0.25, 0.3) is 5.56 Å². The van der Waals surface area contributed by atoms with E-state index in [4.69, 9.17) is 4.74 Å². The predicted octanol–water partition coefficient (Wildman–Crippen LogP) is 4.26. The van der Waals surface area contributed by atoms with Crippen molar-refractivity contribution in [2.75, 3.05) is 6.61 Å². The van der Waals surface area contributed by atoms with E-state index < -0.39 is 12.0 Å². The highest BCUT2D eigenvalue weighted by Gasteiger charge is 2.34. The molecule has 0 fully saturated rings. The maximum atomic E-state index is 13.4. The Morgan fingerprint density at radius 2 is 2.13 bits per heavy atom. The normalized spacial score (nSPS) is 16.4. The Kier molecular flexibility index (Phi) is 6.41. The zero-order valence-electron chi connectivity index (χ0n) is 17.3. The van der Waals surface area contributed by atoms with Crippen LogP contribution in [0.25, 0.3) is 6.08 Å². The Morgan fingerprint density at radius 3 is 2.81 bits per heavy atom. The van der Waals surface area contributed by atoms with Gasteiger partial charge in [-0.15, -0.1) is 11.3 Å². The average Bonchev–Trinajstić information content (AvgIpc) is 3.34. The topological polar surface area (TPSA) is 60.7 Å². The zero-order valence-corrected chi connectivity index (χ0v) is 20.5. The number of allylic oxidation sites excluding steroid dienone is 1. The molecule has 0 radical (unpaired) electrons. The van der Waals surface area contributed by atoms with Gasteiger partial charge in [0.15, 0.2) is 4.80 Å². The molecule has 3 aromatic rings. The molecule has 0 N–H and O–H groups in total. The molecule has 1 aliphatic heterocycles. The molecule has 8 heteroatoms. The minimum atomic E-state index is -0.541. The number of rotatable bonds is 5. The number of thiazole rings is 1. The van der Waals surface area contributed by atoms with E-state index in [1.807, 2.05) is 61.7 Å². The highest BCUT2D eigenvalue weighted by atomic mass is 79.9. The summed E-state index contributed by atoms with van der Waals surface area (Å²) < 4.78 is 8.67. The number of carbonyl (C=O) groups excluding carboxylic acids is 1. The number of aromatic nitrogens is 1. The van der Waals surface area contributed by atoms with Crippen LogP contribution in [0, 0.1) is 5.92 Å². The Labute approximate surface area is 196 Å². The highest BCUT2D eigenvalue weighted by molar-refractivity contribution is 9.10. The molecule has 2 aromatic heterocycles. The molecule has 4 rings (SSSR count). The van der Waals surface area contributed by atoms with Crippen molar-refractivity contribution in [1.29, 1.82) is 0 Å². The summed E-state index contributed by atoms with van der Waals surface area (Å²) >= 11 is 6.31. The number of hydrogen-bond donors (Lipinski definition) is 0. The summed E-state index contributed by atoms with van der Waals surface area (Å²) in [5.41, 5.74) is 1.76. The number of hydrogen-bond acceptors (Lipinski definition) is 6. The molecule has 1 aliphatic rings. The third kappa shape index (κ3) is 4.51. The lowest BCUT2D eigenvalue weighted by Crippen LogP contribution is -2.39. The Balaban J connectivity index is 1.88. The van der Waals surface area contributed by atoms with Gasteiger partial charge < -0.3 is 4.74 Å². The number of esters is 1. The van der Waals surface area contributed by atoms with E-state index in [1.165, 1.54) is 22.7 Å². The van der Waals surface area contributed by atoms with E-state index in [9.17, 15) is 9.59 Å². The number of thiophene rings is 1. The van der Waals surface area contributed by atoms with Crippen molar-refractivity contribution in [1.82, 2.24) is 4.57 Å². The molecule has 0 bridgehead atoms. The summed E-state index contributed by atoms with van der Waals surface area (Å²) in [5.74, 6) is -0.203. The second-order valence-electron chi connectivity index (χ2n) is 7.64. The summed E-state index contributed by atoms with van der Waals surface area (Å²) in [6.45, 7) is 6.10. The SMILES string of the molecule is CC1=C(C(=O)OCC(C)C)C(c2cccs2)n2c(s/c(=C/c3cccc(Br)c3)c2=O)=N1. The molecule has 5 nitrogen and oxygen atoms in total. The van der Waals surface area contributed by atoms with Crippen LogP contribution in [-0.2, 0) is 9.53 Å². The van der Waals surface area contributed by atoms with E-state index in [1.54, 1.807) is 11.5 Å². The first-order valence-electron chi connectivity index (χ1n) is 9.84. The summed E-state index contributed by atoms with van der Waals surface area (Å²) in [4.78, 5) is 32.6. The van der Waals surface area contributed by atoms with Gasteiger partial charge in [-0.1, -0.05) is 59.3 Å². The van der Waals surface area contributed by atoms with Crippen molar-refractivity contribution in [3.8, 4) is 0 Å². The molecule has 0 saturated heterocycles. The maximum absolute atomic E-state index is 13.4. The summed E-state index contributed by atoms with van der Waals surface area (Å²) in [7, 11) is 0. The standard InChI is InChI=1S/C23H21BrN2O3S2/c1-13(2)12-29-22(28)19-14(3)25-23-26(20(19)17-8-5-9-30-17)21(27)18(31-23)11-15-6-4-7-16(24)10-15/h4-11,13,20H,12H2,1-3H3/b18-11+. The fraction of sp³-hybridized carbons (Fsp3) is 0.261. The first kappa shape index (κ1) is 21.9. The highest BCUT2D eigenvalue weighted by Crippen LogP contribution is 2.33. The second kappa shape index (κ2) is 9.06. The molecule has 0 saturated carbocycles. The predicted molar refractivity (Wildman–Crippen MR) is 128 cm³/mol. The van der Waals surface area contributed by atoms with Gasteiger partial charge in [-0.25, -0.2) is 9.79 Å². The molecule has 0 aliphatic carbocycles. The summed E-state index contributed by atoms with van der Waals surface area (Å²) in [6, 6.07) is 11.1. The molecular formula is C23H21BrN2O3S2. The largest absolute Gasteiger partial charge is 0.462 e. The van der Waals surface area contributed by atoms with Crippen molar-refractivity contribution in [2.24, 2.45) is 10.9 Å². The zero-order chi connectivity index (χ0) is 22.1. The molecule has 31 heavy (non-hydrogen) atoms. The van der Waals surface area contributed by atoms with Crippen molar-refractivity contribution in [3.63, 3.8) is 0 Å².